The van der Waals surface area contributed by atoms with E-state index in [1.807, 2.05) is 11.8 Å². The van der Waals surface area contributed by atoms with E-state index in [2.05, 4.69) is 228 Å². The van der Waals surface area contributed by atoms with Crippen molar-refractivity contribution < 1.29 is 0 Å². The highest BCUT2D eigenvalue weighted by molar-refractivity contribution is 7.99. The second-order valence-corrected chi connectivity index (χ2v) is 24.9. The molecule has 0 saturated heterocycles. The minimum absolute atomic E-state index is 0.00743. The van der Waals surface area contributed by atoms with Crippen LogP contribution < -0.4 is 26.2 Å². The highest BCUT2D eigenvalue weighted by Crippen LogP contribution is 2.59. The predicted molar refractivity (Wildman–Crippen MR) is 280 cm³/mol. The van der Waals surface area contributed by atoms with Crippen LogP contribution in [0, 0.1) is 0 Å². The number of benzene rings is 6. The van der Waals surface area contributed by atoms with E-state index in [0.717, 1.165) is 16.8 Å². The van der Waals surface area contributed by atoms with Crippen LogP contribution in [0.15, 0.2) is 131 Å². The van der Waals surface area contributed by atoms with Crippen LogP contribution >= 0.6 is 11.8 Å². The van der Waals surface area contributed by atoms with Crippen molar-refractivity contribution in [3.63, 3.8) is 0 Å². The lowest BCUT2D eigenvalue weighted by Crippen LogP contribution is -2.63. The summed E-state index contributed by atoms with van der Waals surface area (Å²) in [5, 5.41) is 0. The zero-order chi connectivity index (χ0) is 45.9. The molecular formula is C60H62BN3S. The van der Waals surface area contributed by atoms with Gasteiger partial charge < -0.3 is 9.80 Å². The largest absolute Gasteiger partial charge is 0.311 e. The van der Waals surface area contributed by atoms with Gasteiger partial charge in [0.1, 0.15) is 0 Å². The Labute approximate surface area is 392 Å². The molecule has 0 spiro atoms. The molecule has 4 aliphatic heterocycles. The van der Waals surface area contributed by atoms with Gasteiger partial charge in [0.2, 0.25) is 0 Å². The summed E-state index contributed by atoms with van der Waals surface area (Å²) in [5.74, 6) is 0. The number of hydrogen-bond acceptors (Lipinski definition) is 4. The molecule has 0 aliphatic carbocycles. The Morgan fingerprint density at radius 3 is 1.60 bits per heavy atom. The van der Waals surface area contributed by atoms with Crippen molar-refractivity contribution >= 4 is 69.0 Å². The molecule has 0 unspecified atom stereocenters. The average Bonchev–Trinajstić information content (AvgIpc) is 3.25. The van der Waals surface area contributed by atoms with Crippen LogP contribution in [-0.2, 0) is 27.1 Å². The Bertz CT molecular complexity index is 3130. The number of anilines is 6. The standard InChI is InChI=1S/C60H62BN3S/c1-56(2,3)38-21-24-47-42(28-38)60(13,14)43-29-40(58(7,8)9)30-44-54(43)63(47)49-26-37(36-20-23-46(62-34-36)35-18-16-15-17-19-35)27-50-53(49)61(44)45-31-41(59(10,11)12)33-52-55(45)64(50)48-25-22-39(57(4,5)6)32-51(48)65-52/h15-34H,1-14H3. The lowest BCUT2D eigenvalue weighted by molar-refractivity contribution is 0.574. The molecule has 3 nitrogen and oxygen atoms in total. The van der Waals surface area contributed by atoms with Gasteiger partial charge in [0.25, 0.3) is 6.71 Å². The molecule has 7 aromatic rings. The van der Waals surface area contributed by atoms with Gasteiger partial charge in [-0.2, -0.15) is 0 Å². The first-order chi connectivity index (χ1) is 30.5. The highest BCUT2D eigenvalue weighted by Gasteiger charge is 2.51. The van der Waals surface area contributed by atoms with Crippen molar-refractivity contribution in [3.05, 3.63) is 155 Å². The van der Waals surface area contributed by atoms with Gasteiger partial charge in [-0.25, -0.2) is 0 Å². The molecule has 5 heteroatoms. The first-order valence-corrected chi connectivity index (χ1v) is 24.5. The molecule has 11 rings (SSSR count). The van der Waals surface area contributed by atoms with E-state index in [4.69, 9.17) is 4.98 Å². The molecule has 0 bridgehead atoms. The van der Waals surface area contributed by atoms with Crippen LogP contribution in [0.2, 0.25) is 0 Å². The molecule has 0 radical (unpaired) electrons. The Morgan fingerprint density at radius 2 is 1.00 bits per heavy atom. The number of nitrogens with zero attached hydrogens (tertiary/aromatic N) is 3. The molecule has 0 amide bonds. The van der Waals surface area contributed by atoms with Gasteiger partial charge in [-0.15, -0.1) is 0 Å². The van der Waals surface area contributed by atoms with Gasteiger partial charge in [0.05, 0.1) is 22.8 Å². The molecule has 65 heavy (non-hydrogen) atoms. The zero-order valence-corrected chi connectivity index (χ0v) is 41.7. The summed E-state index contributed by atoms with van der Waals surface area (Å²) in [6.45, 7) is 33.3. The van der Waals surface area contributed by atoms with Crippen LogP contribution in [0.1, 0.15) is 130 Å². The summed E-state index contributed by atoms with van der Waals surface area (Å²) < 4.78 is 0. The zero-order valence-electron chi connectivity index (χ0n) is 40.9. The number of rotatable bonds is 2. The smallest absolute Gasteiger partial charge is 0.252 e. The molecule has 6 aromatic carbocycles. The second-order valence-electron chi connectivity index (χ2n) is 23.8. The van der Waals surface area contributed by atoms with Crippen molar-refractivity contribution in [2.24, 2.45) is 0 Å². The number of aromatic nitrogens is 1. The van der Waals surface area contributed by atoms with E-state index < -0.39 is 0 Å². The van der Waals surface area contributed by atoms with Crippen molar-refractivity contribution in [2.75, 3.05) is 9.80 Å². The topological polar surface area (TPSA) is 19.4 Å². The minimum atomic E-state index is -0.249. The summed E-state index contributed by atoms with van der Waals surface area (Å²) in [6.07, 6.45) is 2.09. The number of hydrogen-bond donors (Lipinski definition) is 0. The molecule has 0 atom stereocenters. The Hall–Kier alpha value is -5.52. The highest BCUT2D eigenvalue weighted by atomic mass is 32.2. The monoisotopic (exact) mass is 867 g/mol. The lowest BCUT2D eigenvalue weighted by Gasteiger charge is -2.51. The Morgan fingerprint density at radius 1 is 0.462 bits per heavy atom. The molecule has 0 N–H and O–H groups in total. The van der Waals surface area contributed by atoms with Crippen molar-refractivity contribution in [1.82, 2.24) is 4.98 Å². The third-order valence-electron chi connectivity index (χ3n) is 14.9. The maximum atomic E-state index is 5.11. The first-order valence-electron chi connectivity index (χ1n) is 23.6. The van der Waals surface area contributed by atoms with Crippen LogP contribution in [-0.4, -0.2) is 11.7 Å². The SMILES string of the molecule is CC(C)(C)c1ccc2c(c1)Sc1cc(C(C)(C)C)cc3c1N2c1cc(-c2ccc(-c4ccccc4)nc2)cc2c1B3c1cc(C(C)(C)C)cc3c1N2c1ccc(C(C)(C)C)cc1C3(C)C. The van der Waals surface area contributed by atoms with E-state index >= 15 is 0 Å². The summed E-state index contributed by atoms with van der Waals surface area (Å²) in [4.78, 5) is 13.1. The molecule has 4 aliphatic rings. The molecule has 5 heterocycles. The molecule has 0 saturated carbocycles. The van der Waals surface area contributed by atoms with Crippen molar-refractivity contribution in [2.45, 2.75) is 134 Å². The maximum absolute atomic E-state index is 5.11. The van der Waals surface area contributed by atoms with Crippen LogP contribution in [0.4, 0.5) is 34.1 Å². The van der Waals surface area contributed by atoms with Gasteiger partial charge in [0, 0.05) is 49.6 Å². The predicted octanol–water partition coefficient (Wildman–Crippen LogP) is 14.8. The summed E-state index contributed by atoms with van der Waals surface area (Å²) in [5.41, 5.74) is 24.2. The molecule has 1 aromatic heterocycles. The van der Waals surface area contributed by atoms with E-state index in [-0.39, 0.29) is 33.8 Å². The van der Waals surface area contributed by atoms with E-state index in [1.165, 1.54) is 99.2 Å². The van der Waals surface area contributed by atoms with Crippen LogP contribution in [0.3, 0.4) is 0 Å². The Balaban J connectivity index is 1.28. The minimum Gasteiger partial charge on any atom is -0.311 e. The fourth-order valence-corrected chi connectivity index (χ4v) is 12.0. The van der Waals surface area contributed by atoms with Crippen molar-refractivity contribution in [1.29, 1.82) is 0 Å². The normalized spacial score (nSPS) is 15.5. The van der Waals surface area contributed by atoms with Gasteiger partial charge in [-0.3, -0.25) is 4.98 Å². The number of pyridine rings is 1. The summed E-state index contributed by atoms with van der Waals surface area (Å²) >= 11 is 1.96. The fourth-order valence-electron chi connectivity index (χ4n) is 10.9. The third kappa shape index (κ3) is 6.42. The van der Waals surface area contributed by atoms with E-state index in [0.29, 0.717) is 0 Å². The fraction of sp³-hybridized carbons (Fsp3) is 0.317. The summed E-state index contributed by atoms with van der Waals surface area (Å²) in [6, 6.07) is 44.8. The summed E-state index contributed by atoms with van der Waals surface area (Å²) in [7, 11) is 0. The van der Waals surface area contributed by atoms with Gasteiger partial charge in [-0.05, 0) is 119 Å². The maximum Gasteiger partial charge on any atom is 0.252 e. The number of fused-ring (bicyclic) bond motifs is 8. The van der Waals surface area contributed by atoms with Crippen molar-refractivity contribution in [3.8, 4) is 22.4 Å². The van der Waals surface area contributed by atoms with E-state index in [9.17, 15) is 0 Å². The Kier molecular flexibility index (Phi) is 8.93. The second kappa shape index (κ2) is 13.8. The van der Waals surface area contributed by atoms with Crippen LogP contribution in [0.25, 0.3) is 22.4 Å². The van der Waals surface area contributed by atoms with E-state index in [1.54, 1.807) is 0 Å². The quantitative estimate of drug-likeness (QED) is 0.161. The first kappa shape index (κ1) is 42.1. The average molecular weight is 868 g/mol. The van der Waals surface area contributed by atoms with Gasteiger partial charge >= 0.3 is 0 Å². The van der Waals surface area contributed by atoms with Gasteiger partial charge in [-0.1, -0.05) is 181 Å². The third-order valence-corrected chi connectivity index (χ3v) is 15.9. The lowest BCUT2D eigenvalue weighted by atomic mass is 9.32. The van der Waals surface area contributed by atoms with Gasteiger partial charge in [0.15, 0.2) is 0 Å². The van der Waals surface area contributed by atoms with Crippen LogP contribution in [0.5, 0.6) is 0 Å². The molecule has 326 valence electrons. The molecule has 0 fully saturated rings. The molecular weight excluding hydrogens is 806 g/mol.